The van der Waals surface area contributed by atoms with Crippen molar-refractivity contribution < 1.29 is 35.2 Å². The molecule has 0 saturated heterocycles. The number of nitrogens with zero attached hydrogens (tertiary/aromatic N) is 4. The van der Waals surface area contributed by atoms with Crippen LogP contribution in [0.1, 0.15) is 42.3 Å². The fourth-order valence-corrected chi connectivity index (χ4v) is 5.32. The van der Waals surface area contributed by atoms with Crippen LogP contribution in [0, 0.1) is 23.0 Å². The van der Waals surface area contributed by atoms with Gasteiger partial charge in [-0.25, -0.2) is 22.2 Å². The number of hydrogen-bond donors (Lipinski definition) is 0. The maximum atomic E-state index is 14.3. The first-order valence-corrected chi connectivity index (χ1v) is 14.6. The molecule has 0 aliphatic rings. The molecule has 1 atom stereocenters. The molecule has 2 heterocycles. The highest BCUT2D eigenvalue weighted by Gasteiger charge is 2.35. The van der Waals surface area contributed by atoms with Crippen LogP contribution in [0.15, 0.2) is 60.8 Å². The van der Waals surface area contributed by atoms with E-state index in [2.05, 4.69) is 4.98 Å². The lowest BCUT2D eigenvalue weighted by Crippen LogP contribution is -2.38. The van der Waals surface area contributed by atoms with Crippen LogP contribution >= 0.6 is 0 Å². The van der Waals surface area contributed by atoms with Crippen LogP contribution in [-0.4, -0.2) is 46.7 Å². The van der Waals surface area contributed by atoms with Crippen LogP contribution < -0.4 is 0 Å². The van der Waals surface area contributed by atoms with E-state index in [0.717, 1.165) is 6.07 Å². The average Bonchev–Trinajstić information content (AvgIpc) is 3.32. The molecule has 0 spiro atoms. The number of halogens is 5. The van der Waals surface area contributed by atoms with Crippen molar-refractivity contribution in [3.8, 4) is 17.3 Å². The Labute approximate surface area is 238 Å². The van der Waals surface area contributed by atoms with Crippen LogP contribution in [0.5, 0.6) is 0 Å². The standard InChI is InChI=1S/C29H25F5N4O3S/c1-3-42(40,41)13-12-37(26(39)15-20-6-10-24(31)23(14-20)29(32,33)34)18(2)27-28(21-7-4-19(16-35)5-8-21)38-17-22(30)9-11-25(38)36-27/h4-11,14,17-18H,3,12-13,15H2,1-2H3/t18-/m1/s1. The van der Waals surface area contributed by atoms with E-state index in [-0.39, 0.29) is 23.6 Å². The van der Waals surface area contributed by atoms with Gasteiger partial charge in [0.1, 0.15) is 17.3 Å². The summed E-state index contributed by atoms with van der Waals surface area (Å²) < 4.78 is 94.2. The predicted octanol–water partition coefficient (Wildman–Crippen LogP) is 5.74. The Morgan fingerprint density at radius 2 is 1.79 bits per heavy atom. The highest BCUT2D eigenvalue weighted by molar-refractivity contribution is 7.91. The highest BCUT2D eigenvalue weighted by Crippen LogP contribution is 2.34. The van der Waals surface area contributed by atoms with E-state index in [1.807, 2.05) is 6.07 Å². The minimum Gasteiger partial charge on any atom is -0.333 e. The van der Waals surface area contributed by atoms with Gasteiger partial charge in [0.2, 0.25) is 5.91 Å². The van der Waals surface area contributed by atoms with E-state index in [9.17, 15) is 40.4 Å². The normalized spacial score (nSPS) is 12.7. The number of rotatable bonds is 9. The lowest BCUT2D eigenvalue weighted by Gasteiger charge is -2.29. The second-order valence-electron chi connectivity index (χ2n) is 9.60. The molecule has 2 aromatic carbocycles. The van der Waals surface area contributed by atoms with E-state index in [0.29, 0.717) is 34.6 Å². The van der Waals surface area contributed by atoms with Gasteiger partial charge in [0.25, 0.3) is 0 Å². The minimum atomic E-state index is -4.98. The molecular formula is C29H25F5N4O3S. The fourth-order valence-electron chi connectivity index (χ4n) is 4.56. The average molecular weight is 605 g/mol. The molecule has 0 aliphatic carbocycles. The topological polar surface area (TPSA) is 95.5 Å². The molecule has 2 aromatic heterocycles. The van der Waals surface area contributed by atoms with Gasteiger partial charge < -0.3 is 4.90 Å². The number of pyridine rings is 1. The van der Waals surface area contributed by atoms with Crippen molar-refractivity contribution in [2.75, 3.05) is 18.1 Å². The number of benzene rings is 2. The van der Waals surface area contributed by atoms with Crippen LogP contribution in [0.25, 0.3) is 16.9 Å². The summed E-state index contributed by atoms with van der Waals surface area (Å²) in [5, 5.41) is 9.19. The summed E-state index contributed by atoms with van der Waals surface area (Å²) in [6.07, 6.45) is -4.36. The molecule has 0 bridgehead atoms. The number of alkyl halides is 3. The molecule has 0 fully saturated rings. The summed E-state index contributed by atoms with van der Waals surface area (Å²) in [6.45, 7) is 2.72. The number of sulfone groups is 1. The first-order valence-electron chi connectivity index (χ1n) is 12.8. The molecule has 13 heteroatoms. The van der Waals surface area contributed by atoms with Gasteiger partial charge in [-0.3, -0.25) is 9.20 Å². The second-order valence-corrected chi connectivity index (χ2v) is 12.1. The number of hydrogen-bond acceptors (Lipinski definition) is 5. The maximum absolute atomic E-state index is 14.3. The molecule has 4 aromatic rings. The molecule has 0 N–H and O–H groups in total. The van der Waals surface area contributed by atoms with Gasteiger partial charge in [0.15, 0.2) is 9.84 Å². The quantitative estimate of drug-likeness (QED) is 0.227. The molecule has 0 radical (unpaired) electrons. The van der Waals surface area contributed by atoms with Crippen molar-refractivity contribution in [2.24, 2.45) is 0 Å². The lowest BCUT2D eigenvalue weighted by molar-refractivity contribution is -0.140. The highest BCUT2D eigenvalue weighted by atomic mass is 32.2. The third-order valence-corrected chi connectivity index (χ3v) is 8.54. The van der Waals surface area contributed by atoms with Crippen molar-refractivity contribution >= 4 is 21.4 Å². The summed E-state index contributed by atoms with van der Waals surface area (Å²) in [7, 11) is -3.57. The summed E-state index contributed by atoms with van der Waals surface area (Å²) >= 11 is 0. The Hall–Kier alpha value is -4.31. The molecular weight excluding hydrogens is 579 g/mol. The van der Waals surface area contributed by atoms with Crippen molar-refractivity contribution in [3.63, 3.8) is 0 Å². The largest absolute Gasteiger partial charge is 0.419 e. The molecule has 0 aliphatic heterocycles. The van der Waals surface area contributed by atoms with Gasteiger partial charge in [-0.2, -0.15) is 18.4 Å². The zero-order valence-corrected chi connectivity index (χ0v) is 23.3. The fraction of sp³-hybridized carbons (Fsp3) is 0.276. The first-order chi connectivity index (χ1) is 19.7. The van der Waals surface area contributed by atoms with Crippen LogP contribution in [0.4, 0.5) is 22.0 Å². The van der Waals surface area contributed by atoms with Crippen molar-refractivity contribution in [1.29, 1.82) is 5.26 Å². The van der Waals surface area contributed by atoms with E-state index >= 15 is 0 Å². The first kappa shape index (κ1) is 30.6. The van der Waals surface area contributed by atoms with Gasteiger partial charge in [-0.15, -0.1) is 0 Å². The van der Waals surface area contributed by atoms with E-state index in [1.165, 1.54) is 34.6 Å². The minimum absolute atomic E-state index is 0.117. The number of carbonyl (C=O) groups excluding carboxylic acids is 1. The molecule has 42 heavy (non-hydrogen) atoms. The van der Waals surface area contributed by atoms with Gasteiger partial charge >= 0.3 is 6.18 Å². The van der Waals surface area contributed by atoms with E-state index in [1.54, 1.807) is 31.2 Å². The predicted molar refractivity (Wildman–Crippen MR) is 145 cm³/mol. The number of fused-ring (bicyclic) bond motifs is 1. The zero-order chi connectivity index (χ0) is 30.8. The summed E-state index contributed by atoms with van der Waals surface area (Å²) in [6, 6.07) is 12.3. The van der Waals surface area contributed by atoms with E-state index < -0.39 is 57.3 Å². The smallest absolute Gasteiger partial charge is 0.333 e. The lowest BCUT2D eigenvalue weighted by atomic mass is 10.0. The number of amides is 1. The summed E-state index contributed by atoms with van der Waals surface area (Å²) in [4.78, 5) is 19.4. The van der Waals surface area contributed by atoms with Gasteiger partial charge in [-0.05, 0) is 48.9 Å². The number of imidazole rings is 1. The monoisotopic (exact) mass is 604 g/mol. The number of carbonyl (C=O) groups is 1. The zero-order valence-electron chi connectivity index (χ0n) is 22.5. The third kappa shape index (κ3) is 6.60. The molecule has 220 valence electrons. The number of nitriles is 1. The van der Waals surface area contributed by atoms with Crippen LogP contribution in [0.2, 0.25) is 0 Å². The van der Waals surface area contributed by atoms with Crippen molar-refractivity contribution in [3.05, 3.63) is 94.8 Å². The molecule has 0 unspecified atom stereocenters. The molecule has 4 rings (SSSR count). The van der Waals surface area contributed by atoms with Crippen LogP contribution in [-0.2, 0) is 27.2 Å². The summed E-state index contributed by atoms with van der Waals surface area (Å²) in [5.41, 5.74) is 0.212. The Balaban J connectivity index is 1.80. The SMILES string of the molecule is CCS(=O)(=O)CCN(C(=O)Cc1ccc(F)c(C(F)(F)F)c1)[C@H](C)c1nc2ccc(F)cn2c1-c1ccc(C#N)cc1. The molecule has 1 amide bonds. The Morgan fingerprint density at radius 1 is 1.10 bits per heavy atom. The van der Waals surface area contributed by atoms with Crippen LogP contribution in [0.3, 0.4) is 0 Å². The summed E-state index contributed by atoms with van der Waals surface area (Å²) in [5.74, 6) is -3.40. The second kappa shape index (κ2) is 11.9. The van der Waals surface area contributed by atoms with Gasteiger partial charge in [0, 0.05) is 24.1 Å². The number of aromatic nitrogens is 2. The van der Waals surface area contributed by atoms with Gasteiger partial charge in [0.05, 0.1) is 46.8 Å². The van der Waals surface area contributed by atoms with E-state index in [4.69, 9.17) is 0 Å². The van der Waals surface area contributed by atoms with Crippen molar-refractivity contribution in [1.82, 2.24) is 14.3 Å². The molecule has 7 nitrogen and oxygen atoms in total. The van der Waals surface area contributed by atoms with Crippen molar-refractivity contribution in [2.45, 2.75) is 32.5 Å². The molecule has 0 saturated carbocycles. The Morgan fingerprint density at radius 3 is 2.40 bits per heavy atom. The maximum Gasteiger partial charge on any atom is 0.419 e. The van der Waals surface area contributed by atoms with Gasteiger partial charge in [-0.1, -0.05) is 25.1 Å². The third-order valence-electron chi connectivity index (χ3n) is 6.85. The Kier molecular flexibility index (Phi) is 8.68. The Bertz CT molecular complexity index is 1780.